The SMILES string of the molecule is CCCCC(CC(F)(F)F)c1ccccn1. The van der Waals surface area contributed by atoms with Gasteiger partial charge in [-0.3, -0.25) is 4.98 Å². The summed E-state index contributed by atoms with van der Waals surface area (Å²) in [4.78, 5) is 4.02. The summed E-state index contributed by atoms with van der Waals surface area (Å²) in [6, 6.07) is 5.12. The summed E-state index contributed by atoms with van der Waals surface area (Å²) in [5, 5.41) is 0. The number of halogens is 3. The molecule has 0 N–H and O–H groups in total. The van der Waals surface area contributed by atoms with E-state index in [4.69, 9.17) is 0 Å². The van der Waals surface area contributed by atoms with Crippen molar-refractivity contribution in [1.29, 1.82) is 0 Å². The van der Waals surface area contributed by atoms with Crippen LogP contribution in [0.4, 0.5) is 13.2 Å². The number of unbranched alkanes of at least 4 members (excludes halogenated alkanes) is 1. The van der Waals surface area contributed by atoms with Gasteiger partial charge in [0.25, 0.3) is 0 Å². The van der Waals surface area contributed by atoms with Crippen LogP contribution in [0, 0.1) is 0 Å². The van der Waals surface area contributed by atoms with Crippen LogP contribution in [0.3, 0.4) is 0 Å². The second-order valence-corrected chi connectivity index (χ2v) is 3.91. The average Bonchev–Trinajstić information content (AvgIpc) is 2.24. The first-order valence-electron chi connectivity index (χ1n) is 5.50. The number of aromatic nitrogens is 1. The topological polar surface area (TPSA) is 12.9 Å². The van der Waals surface area contributed by atoms with E-state index in [1.54, 1.807) is 24.4 Å². The fourth-order valence-corrected chi connectivity index (χ4v) is 1.70. The van der Waals surface area contributed by atoms with Crippen LogP contribution in [0.5, 0.6) is 0 Å². The van der Waals surface area contributed by atoms with Gasteiger partial charge in [0, 0.05) is 17.8 Å². The molecule has 16 heavy (non-hydrogen) atoms. The van der Waals surface area contributed by atoms with Crippen LogP contribution < -0.4 is 0 Å². The minimum absolute atomic E-state index is 0.499. The normalized spacial score (nSPS) is 13.8. The van der Waals surface area contributed by atoms with Gasteiger partial charge in [0.1, 0.15) is 0 Å². The Hall–Kier alpha value is -1.06. The molecule has 0 aromatic carbocycles. The molecule has 4 heteroatoms. The molecule has 0 spiro atoms. The summed E-state index contributed by atoms with van der Waals surface area (Å²) >= 11 is 0. The molecule has 1 aromatic rings. The Morgan fingerprint density at radius 1 is 1.31 bits per heavy atom. The molecule has 0 amide bonds. The maximum absolute atomic E-state index is 12.4. The van der Waals surface area contributed by atoms with Gasteiger partial charge in [-0.05, 0) is 18.6 Å². The van der Waals surface area contributed by atoms with E-state index in [0.29, 0.717) is 12.1 Å². The van der Waals surface area contributed by atoms with Crippen LogP contribution in [0.2, 0.25) is 0 Å². The predicted molar refractivity (Wildman–Crippen MR) is 57.2 cm³/mol. The molecule has 0 bridgehead atoms. The van der Waals surface area contributed by atoms with Crippen LogP contribution in [-0.2, 0) is 0 Å². The Labute approximate surface area is 93.7 Å². The standard InChI is InChI=1S/C12H16F3N/c1-2-3-6-10(9-12(13,14)15)11-7-4-5-8-16-11/h4-5,7-8,10H,2-3,6,9H2,1H3. The maximum atomic E-state index is 12.4. The maximum Gasteiger partial charge on any atom is 0.389 e. The highest BCUT2D eigenvalue weighted by Crippen LogP contribution is 2.33. The van der Waals surface area contributed by atoms with Crippen molar-refractivity contribution in [2.75, 3.05) is 0 Å². The molecule has 1 heterocycles. The van der Waals surface area contributed by atoms with E-state index < -0.39 is 18.5 Å². The molecule has 90 valence electrons. The minimum atomic E-state index is -4.12. The third kappa shape index (κ3) is 4.64. The fourth-order valence-electron chi connectivity index (χ4n) is 1.70. The lowest BCUT2D eigenvalue weighted by molar-refractivity contribution is -0.139. The molecule has 0 aliphatic heterocycles. The Morgan fingerprint density at radius 2 is 2.06 bits per heavy atom. The lowest BCUT2D eigenvalue weighted by Gasteiger charge is -2.17. The van der Waals surface area contributed by atoms with Crippen molar-refractivity contribution in [3.8, 4) is 0 Å². The molecular weight excluding hydrogens is 215 g/mol. The molecule has 1 rings (SSSR count). The van der Waals surface area contributed by atoms with Gasteiger partial charge in [-0.15, -0.1) is 0 Å². The molecular formula is C12H16F3N. The zero-order chi connectivity index (χ0) is 12.0. The van der Waals surface area contributed by atoms with Gasteiger partial charge in [-0.1, -0.05) is 25.8 Å². The van der Waals surface area contributed by atoms with Crippen molar-refractivity contribution in [1.82, 2.24) is 4.98 Å². The summed E-state index contributed by atoms with van der Waals surface area (Å²) in [6.07, 6.45) is -1.09. The van der Waals surface area contributed by atoms with E-state index >= 15 is 0 Å². The van der Waals surface area contributed by atoms with Crippen LogP contribution in [0.1, 0.15) is 44.2 Å². The fraction of sp³-hybridized carbons (Fsp3) is 0.583. The van der Waals surface area contributed by atoms with E-state index in [0.717, 1.165) is 12.8 Å². The molecule has 1 atom stereocenters. The summed E-state index contributed by atoms with van der Waals surface area (Å²) < 4.78 is 37.2. The minimum Gasteiger partial charge on any atom is -0.261 e. The van der Waals surface area contributed by atoms with E-state index in [2.05, 4.69) is 4.98 Å². The van der Waals surface area contributed by atoms with E-state index in [1.807, 2.05) is 6.92 Å². The lowest BCUT2D eigenvalue weighted by Crippen LogP contribution is -2.14. The van der Waals surface area contributed by atoms with Gasteiger partial charge in [-0.25, -0.2) is 0 Å². The molecule has 1 nitrogen and oxygen atoms in total. The molecule has 0 saturated carbocycles. The highest BCUT2D eigenvalue weighted by molar-refractivity contribution is 5.09. The Morgan fingerprint density at radius 3 is 2.56 bits per heavy atom. The number of rotatable bonds is 5. The van der Waals surface area contributed by atoms with Gasteiger partial charge in [0.15, 0.2) is 0 Å². The van der Waals surface area contributed by atoms with Crippen LogP contribution in [-0.4, -0.2) is 11.2 Å². The monoisotopic (exact) mass is 231 g/mol. The second kappa shape index (κ2) is 5.87. The zero-order valence-electron chi connectivity index (χ0n) is 9.30. The first-order chi connectivity index (χ1) is 7.53. The van der Waals surface area contributed by atoms with Crippen molar-refractivity contribution in [2.24, 2.45) is 0 Å². The van der Waals surface area contributed by atoms with E-state index in [-0.39, 0.29) is 0 Å². The smallest absolute Gasteiger partial charge is 0.261 e. The van der Waals surface area contributed by atoms with Gasteiger partial charge < -0.3 is 0 Å². The van der Waals surface area contributed by atoms with Crippen molar-refractivity contribution < 1.29 is 13.2 Å². The Kier molecular flexibility index (Phi) is 4.77. The van der Waals surface area contributed by atoms with E-state index in [1.165, 1.54) is 0 Å². The zero-order valence-corrected chi connectivity index (χ0v) is 9.30. The van der Waals surface area contributed by atoms with Gasteiger partial charge in [-0.2, -0.15) is 13.2 Å². The first-order valence-corrected chi connectivity index (χ1v) is 5.50. The third-order valence-electron chi connectivity index (χ3n) is 2.49. The number of alkyl halides is 3. The summed E-state index contributed by atoms with van der Waals surface area (Å²) in [6.45, 7) is 1.98. The summed E-state index contributed by atoms with van der Waals surface area (Å²) in [5.41, 5.74) is 0.549. The number of hydrogen-bond donors (Lipinski definition) is 0. The summed E-state index contributed by atoms with van der Waals surface area (Å²) in [7, 11) is 0. The molecule has 1 unspecified atom stereocenters. The highest BCUT2D eigenvalue weighted by Gasteiger charge is 2.32. The average molecular weight is 231 g/mol. The molecule has 0 aliphatic rings. The molecule has 0 saturated heterocycles. The van der Waals surface area contributed by atoms with Crippen molar-refractivity contribution in [3.63, 3.8) is 0 Å². The van der Waals surface area contributed by atoms with E-state index in [9.17, 15) is 13.2 Å². The Balaban J connectivity index is 2.71. The second-order valence-electron chi connectivity index (χ2n) is 3.91. The quantitative estimate of drug-likeness (QED) is 0.735. The number of hydrogen-bond acceptors (Lipinski definition) is 1. The van der Waals surface area contributed by atoms with Crippen molar-refractivity contribution in [2.45, 2.75) is 44.7 Å². The van der Waals surface area contributed by atoms with Gasteiger partial charge >= 0.3 is 6.18 Å². The number of pyridine rings is 1. The van der Waals surface area contributed by atoms with Crippen molar-refractivity contribution in [3.05, 3.63) is 30.1 Å². The summed E-state index contributed by atoms with van der Waals surface area (Å²) in [5.74, 6) is -0.499. The third-order valence-corrected chi connectivity index (χ3v) is 2.49. The first kappa shape index (κ1) is 13.0. The van der Waals surface area contributed by atoms with Crippen LogP contribution in [0.15, 0.2) is 24.4 Å². The van der Waals surface area contributed by atoms with Gasteiger partial charge in [0.2, 0.25) is 0 Å². The largest absolute Gasteiger partial charge is 0.389 e. The van der Waals surface area contributed by atoms with Gasteiger partial charge in [0.05, 0.1) is 6.42 Å². The molecule has 1 aromatic heterocycles. The highest BCUT2D eigenvalue weighted by atomic mass is 19.4. The van der Waals surface area contributed by atoms with Crippen molar-refractivity contribution >= 4 is 0 Å². The molecule has 0 aliphatic carbocycles. The Bertz CT molecular complexity index is 295. The number of nitrogens with zero attached hydrogens (tertiary/aromatic N) is 1. The molecule has 0 radical (unpaired) electrons. The molecule has 0 fully saturated rings. The lowest BCUT2D eigenvalue weighted by atomic mass is 9.94. The van der Waals surface area contributed by atoms with Crippen LogP contribution in [0.25, 0.3) is 0 Å². The van der Waals surface area contributed by atoms with Crippen LogP contribution >= 0.6 is 0 Å². The predicted octanol–water partition coefficient (Wildman–Crippen LogP) is 4.31.